The van der Waals surface area contributed by atoms with Gasteiger partial charge in [0.1, 0.15) is 17.1 Å². The Kier molecular flexibility index (Phi) is 4.51. The minimum atomic E-state index is -0.303. The van der Waals surface area contributed by atoms with Crippen molar-refractivity contribution < 1.29 is 18.3 Å². The number of methoxy groups -OCH3 is 1. The van der Waals surface area contributed by atoms with Crippen molar-refractivity contribution in [3.8, 4) is 5.75 Å². The summed E-state index contributed by atoms with van der Waals surface area (Å²) in [6.07, 6.45) is 1.82. The maximum absolute atomic E-state index is 13.2. The first kappa shape index (κ1) is 16.1. The summed E-state index contributed by atoms with van der Waals surface area (Å²) in [5, 5.41) is 0.892. The van der Waals surface area contributed by atoms with E-state index in [2.05, 4.69) is 0 Å². The molecule has 0 saturated carbocycles. The van der Waals surface area contributed by atoms with Crippen molar-refractivity contribution in [1.29, 1.82) is 0 Å². The van der Waals surface area contributed by atoms with Gasteiger partial charge in [-0.1, -0.05) is 12.1 Å². The summed E-state index contributed by atoms with van der Waals surface area (Å²) in [4.78, 5) is 14.0. The Labute approximate surface area is 139 Å². The van der Waals surface area contributed by atoms with Gasteiger partial charge in [0.25, 0.3) is 0 Å². The molecule has 0 aliphatic heterocycles. The first-order valence-electron chi connectivity index (χ1n) is 7.59. The number of nitrogens with zero attached hydrogens (tertiary/aromatic N) is 1. The third-order valence-electron chi connectivity index (χ3n) is 3.94. The molecule has 1 amide bonds. The van der Waals surface area contributed by atoms with Crippen LogP contribution in [-0.2, 0) is 17.8 Å². The van der Waals surface area contributed by atoms with E-state index in [1.165, 1.54) is 12.1 Å². The average Bonchev–Trinajstić information content (AvgIpc) is 2.96. The van der Waals surface area contributed by atoms with Crippen LogP contribution in [0.15, 0.2) is 53.1 Å². The number of ether oxygens (including phenoxy) is 1. The second kappa shape index (κ2) is 6.74. The summed E-state index contributed by atoms with van der Waals surface area (Å²) in [6.45, 7) is 0.361. The summed E-state index contributed by atoms with van der Waals surface area (Å²) in [7, 11) is 3.30. The number of hydrogen-bond donors (Lipinski definition) is 0. The van der Waals surface area contributed by atoms with E-state index in [-0.39, 0.29) is 18.1 Å². The van der Waals surface area contributed by atoms with E-state index < -0.39 is 0 Å². The van der Waals surface area contributed by atoms with Crippen LogP contribution in [0.2, 0.25) is 0 Å². The molecule has 0 radical (unpaired) electrons. The Morgan fingerprint density at radius 3 is 2.83 bits per heavy atom. The molecule has 0 unspecified atom stereocenters. The SMILES string of the molecule is COc1ccc2c(CC(=O)N(C)Cc3cccc(F)c3)coc2c1. The van der Waals surface area contributed by atoms with Gasteiger partial charge in [-0.25, -0.2) is 4.39 Å². The fraction of sp³-hybridized carbons (Fsp3) is 0.211. The number of carbonyl (C=O) groups excluding carboxylic acids is 1. The molecule has 0 saturated heterocycles. The highest BCUT2D eigenvalue weighted by Gasteiger charge is 2.15. The van der Waals surface area contributed by atoms with Crippen LogP contribution in [0.1, 0.15) is 11.1 Å². The van der Waals surface area contributed by atoms with Crippen molar-refractivity contribution in [1.82, 2.24) is 4.90 Å². The number of furan rings is 1. The number of rotatable bonds is 5. The predicted molar refractivity (Wildman–Crippen MR) is 89.3 cm³/mol. The van der Waals surface area contributed by atoms with Crippen molar-refractivity contribution in [2.75, 3.05) is 14.2 Å². The topological polar surface area (TPSA) is 42.7 Å². The molecule has 124 valence electrons. The molecule has 0 bridgehead atoms. The third-order valence-corrected chi connectivity index (χ3v) is 3.94. The number of likely N-dealkylation sites (N-methyl/N-ethyl adjacent to an activating group) is 1. The summed E-state index contributed by atoms with van der Waals surface area (Å²) in [6, 6.07) is 11.8. The monoisotopic (exact) mass is 327 g/mol. The van der Waals surface area contributed by atoms with Crippen LogP contribution >= 0.6 is 0 Å². The summed E-state index contributed by atoms with van der Waals surface area (Å²) in [5.74, 6) is 0.346. The normalized spacial score (nSPS) is 10.8. The molecule has 0 aliphatic rings. The molecule has 2 aromatic carbocycles. The van der Waals surface area contributed by atoms with E-state index >= 15 is 0 Å². The van der Waals surface area contributed by atoms with E-state index in [4.69, 9.17) is 9.15 Å². The van der Waals surface area contributed by atoms with E-state index in [0.717, 1.165) is 16.5 Å². The molecule has 0 spiro atoms. The molecule has 4 nitrogen and oxygen atoms in total. The fourth-order valence-corrected chi connectivity index (χ4v) is 2.62. The second-order valence-electron chi connectivity index (χ2n) is 5.68. The number of amides is 1. The molecule has 0 fully saturated rings. The first-order valence-corrected chi connectivity index (χ1v) is 7.59. The molecule has 5 heteroatoms. The molecular weight excluding hydrogens is 309 g/mol. The zero-order chi connectivity index (χ0) is 17.1. The van der Waals surface area contributed by atoms with E-state index in [1.807, 2.05) is 12.1 Å². The van der Waals surface area contributed by atoms with Gasteiger partial charge in [0.15, 0.2) is 0 Å². The molecule has 1 heterocycles. The van der Waals surface area contributed by atoms with Crippen LogP contribution in [0, 0.1) is 5.82 Å². The predicted octanol–water partition coefficient (Wildman–Crippen LogP) is 3.78. The minimum absolute atomic E-state index is 0.0576. The molecule has 0 N–H and O–H groups in total. The van der Waals surface area contributed by atoms with Gasteiger partial charge in [0.05, 0.1) is 19.8 Å². The minimum Gasteiger partial charge on any atom is -0.497 e. The van der Waals surface area contributed by atoms with Crippen LogP contribution in [0.4, 0.5) is 4.39 Å². The number of benzene rings is 2. The van der Waals surface area contributed by atoms with Gasteiger partial charge in [-0.3, -0.25) is 4.79 Å². The van der Waals surface area contributed by atoms with Gasteiger partial charge < -0.3 is 14.1 Å². The van der Waals surface area contributed by atoms with E-state index in [9.17, 15) is 9.18 Å². The van der Waals surface area contributed by atoms with Crippen LogP contribution < -0.4 is 4.74 Å². The molecule has 24 heavy (non-hydrogen) atoms. The maximum atomic E-state index is 13.2. The van der Waals surface area contributed by atoms with Gasteiger partial charge in [0.2, 0.25) is 5.91 Å². The highest BCUT2D eigenvalue weighted by Crippen LogP contribution is 2.26. The highest BCUT2D eigenvalue weighted by molar-refractivity contribution is 5.88. The highest BCUT2D eigenvalue weighted by atomic mass is 19.1. The Hall–Kier alpha value is -2.82. The lowest BCUT2D eigenvalue weighted by molar-refractivity contribution is -0.129. The number of fused-ring (bicyclic) bond motifs is 1. The maximum Gasteiger partial charge on any atom is 0.227 e. The van der Waals surface area contributed by atoms with Crippen LogP contribution in [0.5, 0.6) is 5.75 Å². The largest absolute Gasteiger partial charge is 0.497 e. The van der Waals surface area contributed by atoms with Gasteiger partial charge >= 0.3 is 0 Å². The molecule has 1 aromatic heterocycles. The van der Waals surface area contributed by atoms with Crippen molar-refractivity contribution in [2.24, 2.45) is 0 Å². The molecular formula is C19H18FNO3. The van der Waals surface area contributed by atoms with Crippen LogP contribution in [-0.4, -0.2) is 25.0 Å². The number of halogens is 1. The van der Waals surface area contributed by atoms with Crippen molar-refractivity contribution in [3.05, 3.63) is 65.7 Å². The summed E-state index contributed by atoms with van der Waals surface area (Å²) >= 11 is 0. The van der Waals surface area contributed by atoms with Gasteiger partial charge in [-0.05, 0) is 29.8 Å². The smallest absolute Gasteiger partial charge is 0.227 e. The molecule has 3 rings (SSSR count). The second-order valence-corrected chi connectivity index (χ2v) is 5.68. The fourth-order valence-electron chi connectivity index (χ4n) is 2.62. The van der Waals surface area contributed by atoms with Gasteiger partial charge in [-0.15, -0.1) is 0 Å². The molecule has 3 aromatic rings. The summed E-state index contributed by atoms with van der Waals surface area (Å²) < 4.78 is 23.9. The molecule has 0 aliphatic carbocycles. The first-order chi connectivity index (χ1) is 11.6. The Morgan fingerprint density at radius 1 is 1.25 bits per heavy atom. The third kappa shape index (κ3) is 3.40. The Balaban J connectivity index is 1.72. The van der Waals surface area contributed by atoms with Crippen molar-refractivity contribution >= 4 is 16.9 Å². The lowest BCUT2D eigenvalue weighted by Gasteiger charge is -2.17. The van der Waals surface area contributed by atoms with E-state index in [1.54, 1.807) is 43.5 Å². The Bertz CT molecular complexity index is 872. The van der Waals surface area contributed by atoms with E-state index in [0.29, 0.717) is 17.9 Å². The quantitative estimate of drug-likeness (QED) is 0.716. The zero-order valence-electron chi connectivity index (χ0n) is 13.6. The van der Waals surface area contributed by atoms with Crippen LogP contribution in [0.3, 0.4) is 0 Å². The summed E-state index contributed by atoms with van der Waals surface area (Å²) in [5.41, 5.74) is 2.27. The Morgan fingerprint density at radius 2 is 2.08 bits per heavy atom. The van der Waals surface area contributed by atoms with Crippen LogP contribution in [0.25, 0.3) is 11.0 Å². The van der Waals surface area contributed by atoms with Crippen molar-refractivity contribution in [3.63, 3.8) is 0 Å². The lowest BCUT2D eigenvalue weighted by atomic mass is 10.1. The number of carbonyl (C=O) groups is 1. The zero-order valence-corrected chi connectivity index (χ0v) is 13.6. The standard InChI is InChI=1S/C19H18FNO3/c1-21(11-13-4-3-5-15(20)8-13)19(22)9-14-12-24-18-10-16(23-2)6-7-17(14)18/h3-8,10,12H,9,11H2,1-2H3. The molecule has 0 atom stereocenters. The van der Waals surface area contributed by atoms with Crippen molar-refractivity contribution in [2.45, 2.75) is 13.0 Å². The van der Waals surface area contributed by atoms with Gasteiger partial charge in [-0.2, -0.15) is 0 Å². The van der Waals surface area contributed by atoms with Gasteiger partial charge in [0, 0.05) is 30.6 Å². The average molecular weight is 327 g/mol. The number of hydrogen-bond acceptors (Lipinski definition) is 3. The lowest BCUT2D eigenvalue weighted by Crippen LogP contribution is -2.27.